The third kappa shape index (κ3) is 12.5. The van der Waals surface area contributed by atoms with Crippen molar-refractivity contribution in [3.8, 4) is 0 Å². The molecule has 2 amide bonds. The van der Waals surface area contributed by atoms with E-state index in [1.807, 2.05) is 27.7 Å². The van der Waals surface area contributed by atoms with E-state index in [-0.39, 0.29) is 18.6 Å². The van der Waals surface area contributed by atoms with Crippen LogP contribution in [-0.4, -0.2) is 69.4 Å². The van der Waals surface area contributed by atoms with Crippen molar-refractivity contribution < 1.29 is 28.6 Å². The van der Waals surface area contributed by atoms with Crippen LogP contribution in [0.1, 0.15) is 41.0 Å². The number of carbonyl (C=O) groups is 2. The predicted molar refractivity (Wildman–Crippen MR) is 98.2 cm³/mol. The second kappa shape index (κ2) is 11.7. The maximum atomic E-state index is 12.0. The Balaban J connectivity index is 4.38. The fourth-order valence-electron chi connectivity index (χ4n) is 2.40. The molecule has 0 aliphatic carbocycles. The average Bonchev–Trinajstić information content (AvgIpc) is 2.48. The summed E-state index contributed by atoms with van der Waals surface area (Å²) in [4.78, 5) is 28.2. The van der Waals surface area contributed by atoms with E-state index in [4.69, 9.17) is 19.0 Å². The van der Waals surface area contributed by atoms with Crippen molar-refractivity contribution in [3.63, 3.8) is 0 Å². The molecule has 152 valence electrons. The first-order valence-electron chi connectivity index (χ1n) is 8.42. The van der Waals surface area contributed by atoms with Gasteiger partial charge in [-0.15, -0.1) is 0 Å². The van der Waals surface area contributed by atoms with Crippen LogP contribution in [0.25, 0.3) is 0 Å². The van der Waals surface area contributed by atoms with Crippen molar-refractivity contribution >= 4 is 18.2 Å². The minimum absolute atomic E-state index is 0.0968. The zero-order valence-electron chi connectivity index (χ0n) is 16.9. The molecule has 26 heavy (non-hydrogen) atoms. The van der Waals surface area contributed by atoms with Gasteiger partial charge in [-0.25, -0.2) is 4.79 Å². The Morgan fingerprint density at radius 3 is 2.35 bits per heavy atom. The van der Waals surface area contributed by atoms with E-state index in [0.29, 0.717) is 19.6 Å². The fraction of sp³-hybridized carbons (Fsp3) is 0.824. The van der Waals surface area contributed by atoms with Crippen LogP contribution in [0.2, 0.25) is 0 Å². The first kappa shape index (κ1) is 24.1. The number of rotatable bonds is 12. The molecule has 0 aromatic rings. The molecule has 0 heterocycles. The second-order valence-corrected chi connectivity index (χ2v) is 7.17. The van der Waals surface area contributed by atoms with Gasteiger partial charge < -0.3 is 29.7 Å². The normalized spacial score (nSPS) is 13.3. The minimum atomic E-state index is -0.630. The number of methoxy groups -OCH3 is 2. The van der Waals surface area contributed by atoms with Crippen molar-refractivity contribution in [1.82, 2.24) is 10.6 Å². The lowest BCUT2D eigenvalue weighted by Gasteiger charge is -2.33. The minimum Gasteiger partial charge on any atom is -0.447 e. The molecule has 1 atom stereocenters. The smallest absolute Gasteiger partial charge is 0.407 e. The van der Waals surface area contributed by atoms with Gasteiger partial charge in [0.15, 0.2) is 0 Å². The highest BCUT2D eigenvalue weighted by molar-refractivity contribution is 5.76. The molecule has 0 aromatic carbocycles. The van der Waals surface area contributed by atoms with E-state index >= 15 is 0 Å². The summed E-state index contributed by atoms with van der Waals surface area (Å²) in [6.45, 7) is 9.60. The van der Waals surface area contributed by atoms with Crippen LogP contribution in [0.15, 0.2) is 5.16 Å². The van der Waals surface area contributed by atoms with Crippen LogP contribution >= 0.6 is 0 Å². The van der Waals surface area contributed by atoms with Gasteiger partial charge in [0.25, 0.3) is 0 Å². The molecular weight excluding hydrogens is 342 g/mol. The Bertz CT molecular complexity index is 465. The number of nitrogens with one attached hydrogen (secondary N) is 2. The van der Waals surface area contributed by atoms with E-state index in [1.165, 1.54) is 20.2 Å². The van der Waals surface area contributed by atoms with Crippen molar-refractivity contribution in [1.29, 1.82) is 0 Å². The zero-order valence-corrected chi connectivity index (χ0v) is 16.9. The van der Waals surface area contributed by atoms with Crippen molar-refractivity contribution in [2.75, 3.05) is 34.0 Å². The largest absolute Gasteiger partial charge is 0.447 e. The lowest BCUT2D eigenvalue weighted by Crippen LogP contribution is -2.48. The number of hydrogen-bond acceptors (Lipinski definition) is 7. The number of alkyl carbamates (subject to hydrolysis) is 1. The van der Waals surface area contributed by atoms with Crippen LogP contribution < -0.4 is 10.6 Å². The fourth-order valence-corrected chi connectivity index (χ4v) is 2.40. The summed E-state index contributed by atoms with van der Waals surface area (Å²) in [6.07, 6.45) is 1.10. The molecule has 0 aliphatic rings. The zero-order chi connectivity index (χ0) is 20.2. The maximum absolute atomic E-state index is 12.0. The summed E-state index contributed by atoms with van der Waals surface area (Å²) >= 11 is 0. The average molecular weight is 375 g/mol. The van der Waals surface area contributed by atoms with E-state index < -0.39 is 17.2 Å². The molecule has 0 aliphatic heterocycles. The van der Waals surface area contributed by atoms with Crippen LogP contribution in [0.4, 0.5) is 4.79 Å². The van der Waals surface area contributed by atoms with Crippen molar-refractivity contribution in [2.24, 2.45) is 5.16 Å². The molecule has 0 rings (SSSR count). The van der Waals surface area contributed by atoms with Crippen molar-refractivity contribution in [2.45, 2.75) is 58.3 Å². The molecule has 0 saturated carbocycles. The van der Waals surface area contributed by atoms with Crippen LogP contribution in [0, 0.1) is 0 Å². The molecule has 0 saturated heterocycles. The van der Waals surface area contributed by atoms with Crippen LogP contribution in [0.5, 0.6) is 0 Å². The molecule has 2 N–H and O–H groups in total. The number of nitrogens with zero attached hydrogens (tertiary/aromatic N) is 1. The Kier molecular flexibility index (Phi) is 10.8. The summed E-state index contributed by atoms with van der Waals surface area (Å²) < 4.78 is 15.3. The summed E-state index contributed by atoms with van der Waals surface area (Å²) in [5, 5.41) is 9.24. The van der Waals surface area contributed by atoms with Crippen LogP contribution in [0.3, 0.4) is 0 Å². The third-order valence-electron chi connectivity index (χ3n) is 3.21. The molecule has 9 nitrogen and oxygen atoms in total. The number of carbonyl (C=O) groups excluding carboxylic acids is 2. The van der Waals surface area contributed by atoms with E-state index in [2.05, 4.69) is 15.8 Å². The predicted octanol–water partition coefficient (Wildman–Crippen LogP) is 1.46. The van der Waals surface area contributed by atoms with Crippen molar-refractivity contribution in [3.05, 3.63) is 0 Å². The number of amides is 2. The molecule has 9 heteroatoms. The van der Waals surface area contributed by atoms with Gasteiger partial charge in [-0.2, -0.15) is 0 Å². The molecular formula is C17H33N3O6. The Hall–Kier alpha value is -1.87. The summed E-state index contributed by atoms with van der Waals surface area (Å²) in [5.41, 5.74) is -1.22. The second-order valence-electron chi connectivity index (χ2n) is 7.17. The quantitative estimate of drug-likeness (QED) is 0.395. The third-order valence-corrected chi connectivity index (χ3v) is 3.21. The van der Waals surface area contributed by atoms with E-state index in [9.17, 15) is 9.59 Å². The first-order valence-corrected chi connectivity index (χ1v) is 8.42. The van der Waals surface area contributed by atoms with Gasteiger partial charge in [-0.3, -0.25) is 4.79 Å². The highest BCUT2D eigenvalue weighted by atomic mass is 16.6. The molecule has 0 bridgehead atoms. The Morgan fingerprint density at radius 2 is 1.81 bits per heavy atom. The van der Waals surface area contributed by atoms with Crippen LogP contribution in [-0.2, 0) is 23.8 Å². The molecule has 0 radical (unpaired) electrons. The summed E-state index contributed by atoms with van der Waals surface area (Å²) in [6, 6.07) is 0. The van der Waals surface area contributed by atoms with E-state index in [1.54, 1.807) is 7.11 Å². The van der Waals surface area contributed by atoms with Gasteiger partial charge in [0.2, 0.25) is 5.91 Å². The van der Waals surface area contributed by atoms with Gasteiger partial charge in [-0.05, 0) is 27.7 Å². The number of hydrogen-bond donors (Lipinski definition) is 2. The van der Waals surface area contributed by atoms with Gasteiger partial charge in [0.05, 0.1) is 19.4 Å². The van der Waals surface area contributed by atoms with Gasteiger partial charge in [-0.1, -0.05) is 5.16 Å². The lowest BCUT2D eigenvalue weighted by molar-refractivity contribution is -0.118. The monoisotopic (exact) mass is 375 g/mol. The molecule has 1 unspecified atom stereocenters. The Labute approximate surface area is 155 Å². The SMILES string of the molecule is COCC(COC(=O)NC(C)(C)CC(C)(C)O/N=C/CNC(C)=O)OC. The first-order chi connectivity index (χ1) is 12.0. The van der Waals surface area contributed by atoms with Gasteiger partial charge in [0, 0.05) is 33.1 Å². The lowest BCUT2D eigenvalue weighted by atomic mass is 9.89. The van der Waals surface area contributed by atoms with E-state index in [0.717, 1.165) is 0 Å². The summed E-state index contributed by atoms with van der Waals surface area (Å²) in [7, 11) is 3.08. The van der Waals surface area contributed by atoms with Gasteiger partial charge in [0.1, 0.15) is 18.3 Å². The summed E-state index contributed by atoms with van der Waals surface area (Å²) in [5.74, 6) is -0.138. The standard InChI is InChI=1S/C17H33N3O6/c1-13(21)18-8-9-19-26-17(4,5)12-16(2,3)20-15(22)25-11-14(24-7)10-23-6/h9,14H,8,10-12H2,1-7H3,(H,18,21)(H,20,22)/b19-9+. The number of oxime groups is 1. The van der Waals surface area contributed by atoms with Gasteiger partial charge >= 0.3 is 6.09 Å². The topological polar surface area (TPSA) is 107 Å². The molecule has 0 fully saturated rings. The molecule has 0 aromatic heterocycles. The maximum Gasteiger partial charge on any atom is 0.407 e. The number of ether oxygens (including phenoxy) is 3. The highest BCUT2D eigenvalue weighted by Crippen LogP contribution is 2.23. The Morgan fingerprint density at radius 1 is 1.15 bits per heavy atom. The highest BCUT2D eigenvalue weighted by Gasteiger charge is 2.32. The molecule has 0 spiro atoms.